The number of rotatable bonds is 4. The summed E-state index contributed by atoms with van der Waals surface area (Å²) in [5.74, 6) is 1.02. The molecule has 1 fully saturated rings. The van der Waals surface area contributed by atoms with Gasteiger partial charge in [0.05, 0.1) is 0 Å². The molecule has 1 aliphatic rings. The SMILES string of the molecule is CCC(C)(C)[C@@H]1CCC(=O)/C(=C/Nc2cccc(O)c2)C1. The molecule has 0 unspecified atom stereocenters. The Morgan fingerprint density at radius 3 is 2.86 bits per heavy atom. The van der Waals surface area contributed by atoms with Crippen LogP contribution in [0.15, 0.2) is 36.0 Å². The van der Waals surface area contributed by atoms with Gasteiger partial charge >= 0.3 is 0 Å². The molecule has 1 aliphatic carbocycles. The van der Waals surface area contributed by atoms with E-state index >= 15 is 0 Å². The predicted octanol–water partition coefficient (Wildman–Crippen LogP) is 4.49. The van der Waals surface area contributed by atoms with Gasteiger partial charge in [0, 0.05) is 29.9 Å². The van der Waals surface area contributed by atoms with E-state index in [9.17, 15) is 9.90 Å². The highest BCUT2D eigenvalue weighted by Crippen LogP contribution is 2.41. The van der Waals surface area contributed by atoms with Crippen LogP contribution in [-0.2, 0) is 4.79 Å². The Morgan fingerprint density at radius 1 is 1.43 bits per heavy atom. The van der Waals surface area contributed by atoms with E-state index in [0.29, 0.717) is 12.3 Å². The number of nitrogens with one attached hydrogen (secondary N) is 1. The molecule has 2 rings (SSSR count). The number of benzene rings is 1. The van der Waals surface area contributed by atoms with Crippen LogP contribution in [-0.4, -0.2) is 10.9 Å². The Hall–Kier alpha value is -1.77. The molecule has 2 N–H and O–H groups in total. The summed E-state index contributed by atoms with van der Waals surface area (Å²) in [4.78, 5) is 12.1. The lowest BCUT2D eigenvalue weighted by Gasteiger charge is -2.36. The van der Waals surface area contributed by atoms with Gasteiger partial charge in [0.25, 0.3) is 0 Å². The van der Waals surface area contributed by atoms with Crippen molar-refractivity contribution in [1.29, 1.82) is 0 Å². The number of phenolic OH excluding ortho intramolecular Hbond substituents is 1. The molecule has 0 aliphatic heterocycles. The van der Waals surface area contributed by atoms with E-state index in [4.69, 9.17) is 0 Å². The molecule has 114 valence electrons. The van der Waals surface area contributed by atoms with Gasteiger partial charge in [-0.1, -0.05) is 33.3 Å². The van der Waals surface area contributed by atoms with E-state index in [2.05, 4.69) is 26.1 Å². The smallest absolute Gasteiger partial charge is 0.160 e. The number of ketones is 1. The van der Waals surface area contributed by atoms with Crippen LogP contribution in [0.3, 0.4) is 0 Å². The van der Waals surface area contributed by atoms with Gasteiger partial charge in [-0.15, -0.1) is 0 Å². The molecule has 1 aromatic carbocycles. The van der Waals surface area contributed by atoms with Crippen molar-refractivity contribution in [2.75, 3.05) is 5.32 Å². The average molecular weight is 287 g/mol. The standard InChI is InChI=1S/C18H25NO2/c1-4-18(2,3)14-8-9-17(21)13(10-14)12-19-15-6-5-7-16(20)11-15/h5-7,11-12,14,19-20H,4,8-10H2,1-3H3/b13-12+/t14-/m1/s1. The highest BCUT2D eigenvalue weighted by molar-refractivity contribution is 5.96. The minimum absolute atomic E-state index is 0.221. The van der Waals surface area contributed by atoms with Crippen molar-refractivity contribution < 1.29 is 9.90 Å². The number of hydrogen-bond donors (Lipinski definition) is 2. The van der Waals surface area contributed by atoms with Crippen LogP contribution in [0, 0.1) is 11.3 Å². The molecular weight excluding hydrogens is 262 g/mol. The van der Waals surface area contributed by atoms with Gasteiger partial charge in [0.1, 0.15) is 5.75 Å². The molecular formula is C18H25NO2. The van der Waals surface area contributed by atoms with E-state index in [-0.39, 0.29) is 16.9 Å². The minimum Gasteiger partial charge on any atom is -0.508 e. The first-order valence-electron chi connectivity index (χ1n) is 7.70. The molecule has 3 nitrogen and oxygen atoms in total. The Labute approximate surface area is 127 Å². The summed E-state index contributed by atoms with van der Waals surface area (Å²) in [7, 11) is 0. The lowest BCUT2D eigenvalue weighted by molar-refractivity contribution is -0.117. The van der Waals surface area contributed by atoms with Crippen molar-refractivity contribution in [3.63, 3.8) is 0 Å². The quantitative estimate of drug-likeness (QED) is 0.802. The first-order valence-corrected chi connectivity index (χ1v) is 7.70. The highest BCUT2D eigenvalue weighted by Gasteiger charge is 2.33. The van der Waals surface area contributed by atoms with Gasteiger partial charge in [-0.05, 0) is 36.3 Å². The lowest BCUT2D eigenvalue weighted by atomic mass is 9.68. The first kappa shape index (κ1) is 15.6. The summed E-state index contributed by atoms with van der Waals surface area (Å²) < 4.78 is 0. The van der Waals surface area contributed by atoms with Gasteiger partial charge < -0.3 is 10.4 Å². The van der Waals surface area contributed by atoms with Crippen molar-refractivity contribution in [3.8, 4) is 5.75 Å². The molecule has 1 atom stereocenters. The summed E-state index contributed by atoms with van der Waals surface area (Å²) in [6.07, 6.45) is 5.41. The maximum atomic E-state index is 12.1. The summed E-state index contributed by atoms with van der Waals surface area (Å²) >= 11 is 0. The summed E-state index contributed by atoms with van der Waals surface area (Å²) in [5.41, 5.74) is 1.94. The zero-order chi connectivity index (χ0) is 15.5. The van der Waals surface area contributed by atoms with Crippen LogP contribution < -0.4 is 5.32 Å². The normalized spacial score (nSPS) is 21.6. The molecule has 3 heteroatoms. The van der Waals surface area contributed by atoms with E-state index < -0.39 is 0 Å². The zero-order valence-electron chi connectivity index (χ0n) is 13.1. The van der Waals surface area contributed by atoms with E-state index in [1.165, 1.54) is 0 Å². The van der Waals surface area contributed by atoms with E-state index in [0.717, 1.165) is 30.5 Å². The summed E-state index contributed by atoms with van der Waals surface area (Å²) in [6, 6.07) is 6.93. The number of aromatic hydroxyl groups is 1. The topological polar surface area (TPSA) is 49.3 Å². The van der Waals surface area contributed by atoms with Crippen LogP contribution >= 0.6 is 0 Å². The minimum atomic E-state index is 0.221. The lowest BCUT2D eigenvalue weighted by Crippen LogP contribution is -2.29. The fourth-order valence-corrected chi connectivity index (χ4v) is 2.81. The molecule has 0 heterocycles. The largest absolute Gasteiger partial charge is 0.508 e. The summed E-state index contributed by atoms with van der Waals surface area (Å²) in [5, 5.41) is 12.6. The second-order valence-electron chi connectivity index (χ2n) is 6.57. The third-order valence-corrected chi connectivity index (χ3v) is 4.82. The second-order valence-corrected chi connectivity index (χ2v) is 6.57. The Bertz CT molecular complexity index is 546. The third kappa shape index (κ3) is 3.87. The Balaban J connectivity index is 2.10. The highest BCUT2D eigenvalue weighted by atomic mass is 16.3. The number of allylic oxidation sites excluding steroid dienone is 1. The molecule has 0 aromatic heterocycles. The van der Waals surface area contributed by atoms with Crippen molar-refractivity contribution in [1.82, 2.24) is 0 Å². The van der Waals surface area contributed by atoms with Gasteiger partial charge in [0.2, 0.25) is 0 Å². The first-order chi connectivity index (χ1) is 9.92. The van der Waals surface area contributed by atoms with Gasteiger partial charge in [-0.3, -0.25) is 4.79 Å². The molecule has 1 saturated carbocycles. The van der Waals surface area contributed by atoms with Crippen LogP contribution in [0.5, 0.6) is 5.75 Å². The average Bonchev–Trinajstić information content (AvgIpc) is 2.46. The number of anilines is 1. The monoisotopic (exact) mass is 287 g/mol. The van der Waals surface area contributed by atoms with Crippen LogP contribution in [0.25, 0.3) is 0 Å². The molecule has 0 bridgehead atoms. The van der Waals surface area contributed by atoms with Crippen LogP contribution in [0.4, 0.5) is 5.69 Å². The molecule has 0 spiro atoms. The number of phenols is 1. The zero-order valence-corrected chi connectivity index (χ0v) is 13.1. The molecule has 0 radical (unpaired) electrons. The van der Waals surface area contributed by atoms with Gasteiger partial charge in [-0.25, -0.2) is 0 Å². The number of Topliss-reactive ketones (excluding diaryl/α,β-unsaturated/α-hetero) is 1. The fraction of sp³-hybridized carbons (Fsp3) is 0.500. The fourth-order valence-electron chi connectivity index (χ4n) is 2.81. The van der Waals surface area contributed by atoms with Crippen molar-refractivity contribution in [2.24, 2.45) is 11.3 Å². The van der Waals surface area contributed by atoms with Crippen LogP contribution in [0.1, 0.15) is 46.5 Å². The van der Waals surface area contributed by atoms with Gasteiger partial charge in [-0.2, -0.15) is 0 Å². The van der Waals surface area contributed by atoms with E-state index in [1.807, 2.05) is 12.3 Å². The summed E-state index contributed by atoms with van der Waals surface area (Å²) in [6.45, 7) is 6.78. The molecule has 0 amide bonds. The Kier molecular flexibility index (Phi) is 4.71. The van der Waals surface area contributed by atoms with Crippen molar-refractivity contribution in [3.05, 3.63) is 36.0 Å². The number of carbonyl (C=O) groups excluding carboxylic acids is 1. The van der Waals surface area contributed by atoms with Crippen molar-refractivity contribution in [2.45, 2.75) is 46.5 Å². The molecule has 0 saturated heterocycles. The Morgan fingerprint density at radius 2 is 2.19 bits per heavy atom. The van der Waals surface area contributed by atoms with Gasteiger partial charge in [0.15, 0.2) is 5.78 Å². The number of hydrogen-bond acceptors (Lipinski definition) is 3. The molecule has 1 aromatic rings. The second kappa shape index (κ2) is 6.33. The maximum absolute atomic E-state index is 12.1. The van der Waals surface area contributed by atoms with Crippen LogP contribution in [0.2, 0.25) is 0 Å². The number of carbonyl (C=O) groups is 1. The maximum Gasteiger partial charge on any atom is 0.160 e. The van der Waals surface area contributed by atoms with Crippen molar-refractivity contribution >= 4 is 11.5 Å². The molecule has 21 heavy (non-hydrogen) atoms. The third-order valence-electron chi connectivity index (χ3n) is 4.82. The predicted molar refractivity (Wildman–Crippen MR) is 86.2 cm³/mol. The van der Waals surface area contributed by atoms with E-state index in [1.54, 1.807) is 18.2 Å².